The highest BCUT2D eigenvalue weighted by Gasteiger charge is 2.31. The van der Waals surface area contributed by atoms with Crippen LogP contribution in [-0.2, 0) is 9.59 Å². The SMILES string of the molecule is O=C([O-])[C@H](O)[C@@H](O)[C@@H](O)[13C@@H](O)C(=O)[O-].[NH4+].[NH4+]. The molecule has 0 saturated heterocycles. The number of carbonyl (C=O) groups excluding carboxylic acids is 2. The molecule has 10 heteroatoms. The Balaban J connectivity index is -0.000000845. The predicted molar refractivity (Wildman–Crippen MR) is 46.0 cm³/mol. The number of quaternary nitrogens is 2. The van der Waals surface area contributed by atoms with E-state index < -0.39 is 36.4 Å². The van der Waals surface area contributed by atoms with Gasteiger partial charge >= 0.3 is 0 Å². The van der Waals surface area contributed by atoms with Gasteiger partial charge in [-0.05, 0) is 0 Å². The van der Waals surface area contributed by atoms with Gasteiger partial charge in [0.05, 0.1) is 11.9 Å². The molecule has 0 radical (unpaired) electrons. The molecule has 0 heterocycles. The summed E-state index contributed by atoms with van der Waals surface area (Å²) in [4.78, 5) is 19.9. The molecule has 0 aromatic carbocycles. The highest BCUT2D eigenvalue weighted by molar-refractivity contribution is 5.72. The summed E-state index contributed by atoms with van der Waals surface area (Å²) in [5, 5.41) is 54.7. The Kier molecular flexibility index (Phi) is 9.98. The highest BCUT2D eigenvalue weighted by atomic mass is 16.5. The van der Waals surface area contributed by atoms with Crippen molar-refractivity contribution in [3.8, 4) is 0 Å². The van der Waals surface area contributed by atoms with Crippen LogP contribution in [0.25, 0.3) is 0 Å². The third-order valence-electron chi connectivity index (χ3n) is 1.48. The molecule has 4 atom stereocenters. The van der Waals surface area contributed by atoms with Gasteiger partial charge in [-0.2, -0.15) is 0 Å². The topological polar surface area (TPSA) is 234 Å². The summed E-state index contributed by atoms with van der Waals surface area (Å²) in [6.07, 6.45) is -9.76. The monoisotopic (exact) mass is 245 g/mol. The van der Waals surface area contributed by atoms with Gasteiger partial charge in [-0.3, -0.25) is 0 Å². The Labute approximate surface area is 89.9 Å². The number of aliphatic hydroxyl groups excluding tert-OH is 4. The van der Waals surface area contributed by atoms with E-state index >= 15 is 0 Å². The molecule has 0 bridgehead atoms. The van der Waals surface area contributed by atoms with Crippen molar-refractivity contribution < 1.29 is 40.2 Å². The van der Waals surface area contributed by atoms with E-state index in [4.69, 9.17) is 20.4 Å². The molecule has 0 unspecified atom stereocenters. The number of carboxylic acids is 2. The number of carboxylic acid groups (broad SMARTS) is 2. The summed E-state index contributed by atoms with van der Waals surface area (Å²) in [5.74, 6) is -4.22. The molecule has 12 N–H and O–H groups in total. The molecule has 0 aliphatic heterocycles. The first-order valence-electron chi connectivity index (χ1n) is 3.43. The molecule has 0 amide bonds. The van der Waals surface area contributed by atoms with Gasteiger partial charge in [-0.15, -0.1) is 0 Å². The van der Waals surface area contributed by atoms with Gasteiger partial charge in [0.25, 0.3) is 0 Å². The molecule has 0 aromatic heterocycles. The van der Waals surface area contributed by atoms with Crippen LogP contribution in [0.15, 0.2) is 0 Å². The van der Waals surface area contributed by atoms with Crippen molar-refractivity contribution >= 4 is 11.9 Å². The quantitative estimate of drug-likeness (QED) is 0.255. The highest BCUT2D eigenvalue weighted by Crippen LogP contribution is 2.04. The number of hydrogen-bond donors (Lipinski definition) is 6. The Hall–Kier alpha value is -1.30. The lowest BCUT2D eigenvalue weighted by Gasteiger charge is -2.27. The molecular weight excluding hydrogens is 229 g/mol. The third-order valence-corrected chi connectivity index (χ3v) is 1.48. The Morgan fingerprint density at radius 1 is 0.750 bits per heavy atom. The zero-order valence-electron chi connectivity index (χ0n) is 8.73. The lowest BCUT2D eigenvalue weighted by molar-refractivity contribution is -0.327. The summed E-state index contributed by atoms with van der Waals surface area (Å²) in [5.41, 5.74) is 0. The van der Waals surface area contributed by atoms with E-state index in [-0.39, 0.29) is 12.3 Å². The molecule has 0 rings (SSSR count). The van der Waals surface area contributed by atoms with Crippen LogP contribution in [0, 0.1) is 0 Å². The normalized spacial score (nSPS) is 17.0. The smallest absolute Gasteiger partial charge is 0.122 e. The molecule has 0 aromatic rings. The van der Waals surface area contributed by atoms with Crippen molar-refractivity contribution in [2.75, 3.05) is 0 Å². The van der Waals surface area contributed by atoms with Crippen LogP contribution >= 0.6 is 0 Å². The third kappa shape index (κ3) is 4.97. The average Bonchev–Trinajstić information content (AvgIpc) is 2.12. The lowest BCUT2D eigenvalue weighted by atomic mass is 10.1. The molecule has 0 aliphatic rings. The van der Waals surface area contributed by atoms with Gasteiger partial charge < -0.3 is 52.5 Å². The minimum absolute atomic E-state index is 0. The van der Waals surface area contributed by atoms with Crippen molar-refractivity contribution in [3.63, 3.8) is 0 Å². The first-order chi connectivity index (χ1) is 6.29. The van der Waals surface area contributed by atoms with Gasteiger partial charge in [0, 0.05) is 0 Å². The van der Waals surface area contributed by atoms with Gasteiger partial charge in [-0.1, -0.05) is 0 Å². The van der Waals surface area contributed by atoms with Crippen LogP contribution < -0.4 is 22.5 Å². The summed E-state index contributed by atoms with van der Waals surface area (Å²) in [6, 6.07) is 0. The Morgan fingerprint density at radius 2 is 0.938 bits per heavy atom. The van der Waals surface area contributed by atoms with E-state index in [1.807, 2.05) is 0 Å². The van der Waals surface area contributed by atoms with Crippen LogP contribution in [0.5, 0.6) is 0 Å². The molecule has 0 saturated carbocycles. The minimum atomic E-state index is -2.50. The summed E-state index contributed by atoms with van der Waals surface area (Å²) >= 11 is 0. The van der Waals surface area contributed by atoms with E-state index in [9.17, 15) is 19.8 Å². The zero-order chi connectivity index (χ0) is 11.5. The number of aliphatic hydroxyl groups is 4. The van der Waals surface area contributed by atoms with Crippen LogP contribution in [0.2, 0.25) is 0 Å². The first kappa shape index (κ1) is 20.2. The Bertz CT molecular complexity index is 211. The fraction of sp³-hybridized carbons (Fsp3) is 0.667. The van der Waals surface area contributed by atoms with E-state index in [0.29, 0.717) is 0 Å². The minimum Gasteiger partial charge on any atom is -0.547 e. The van der Waals surface area contributed by atoms with Gasteiger partial charge in [-0.25, -0.2) is 0 Å². The van der Waals surface area contributed by atoms with Crippen molar-refractivity contribution in [3.05, 3.63) is 0 Å². The number of carbonyl (C=O) groups is 2. The summed E-state index contributed by atoms with van der Waals surface area (Å²) in [7, 11) is 0. The molecule has 10 nitrogen and oxygen atoms in total. The van der Waals surface area contributed by atoms with Crippen LogP contribution in [-0.4, -0.2) is 56.8 Å². The first-order valence-corrected chi connectivity index (χ1v) is 3.43. The molecule has 16 heavy (non-hydrogen) atoms. The van der Waals surface area contributed by atoms with Crippen molar-refractivity contribution in [1.82, 2.24) is 12.3 Å². The summed E-state index contributed by atoms with van der Waals surface area (Å²) in [6.45, 7) is 0. The van der Waals surface area contributed by atoms with Crippen LogP contribution in [0.1, 0.15) is 0 Å². The van der Waals surface area contributed by atoms with E-state index in [2.05, 4.69) is 0 Å². The van der Waals surface area contributed by atoms with Crippen molar-refractivity contribution in [2.45, 2.75) is 24.4 Å². The van der Waals surface area contributed by atoms with Crippen molar-refractivity contribution in [2.24, 2.45) is 0 Å². The largest absolute Gasteiger partial charge is 0.547 e. The standard InChI is InChI=1S/C6H10O8.2H3N/c7-1(3(9)5(11)12)2(8)4(10)6(13)14;;/h1-4,7-10H,(H,11,12)(H,13,14);2*1H3/t1-,2+,3-,4-;;/m1../s1/i3+1;;. The maximum Gasteiger partial charge on any atom is 0.122 e. The van der Waals surface area contributed by atoms with E-state index in [1.54, 1.807) is 0 Å². The predicted octanol–water partition coefficient (Wildman–Crippen LogP) is -5.32. The van der Waals surface area contributed by atoms with Gasteiger partial charge in [0.1, 0.15) is 24.4 Å². The number of hydrogen-bond acceptors (Lipinski definition) is 8. The van der Waals surface area contributed by atoms with E-state index in [1.165, 1.54) is 0 Å². The van der Waals surface area contributed by atoms with E-state index in [0.717, 1.165) is 0 Å². The molecule has 0 fully saturated rings. The second-order valence-electron chi connectivity index (χ2n) is 2.51. The van der Waals surface area contributed by atoms with Gasteiger partial charge in [0.15, 0.2) is 0 Å². The number of rotatable bonds is 5. The lowest BCUT2D eigenvalue weighted by Crippen LogP contribution is -2.55. The van der Waals surface area contributed by atoms with Crippen LogP contribution in [0.4, 0.5) is 0 Å². The Morgan fingerprint density at radius 3 is 1.06 bits per heavy atom. The maximum absolute atomic E-state index is 9.96. The molecule has 98 valence electrons. The second kappa shape index (κ2) is 7.92. The maximum atomic E-state index is 9.96. The van der Waals surface area contributed by atoms with Crippen molar-refractivity contribution in [1.29, 1.82) is 0 Å². The summed E-state index contributed by atoms with van der Waals surface area (Å²) < 4.78 is 0. The fourth-order valence-electron chi connectivity index (χ4n) is 0.652. The second-order valence-corrected chi connectivity index (χ2v) is 2.51. The average molecular weight is 245 g/mol. The molecular formula is C6H16N2O8. The van der Waals surface area contributed by atoms with Crippen LogP contribution in [0.3, 0.4) is 0 Å². The molecule has 0 spiro atoms. The van der Waals surface area contributed by atoms with Gasteiger partial charge in [0.2, 0.25) is 0 Å². The molecule has 0 aliphatic carbocycles. The zero-order valence-corrected chi connectivity index (χ0v) is 8.73. The number of aliphatic carboxylic acids is 2. The fourth-order valence-corrected chi connectivity index (χ4v) is 0.652.